The molecule has 0 rings (SSSR count). The van der Waals surface area contributed by atoms with Gasteiger partial charge in [0.1, 0.15) is 19.3 Å². The largest absolute Gasteiger partial charge is 0.472 e. The number of aliphatic hydroxyl groups excluding tert-OH is 1. The van der Waals surface area contributed by atoms with E-state index in [1.54, 1.807) is 6.08 Å². The normalized spacial score (nSPS) is 14.8. The first-order valence-electron chi connectivity index (χ1n) is 36.4. The highest BCUT2D eigenvalue weighted by Crippen LogP contribution is 2.45. The van der Waals surface area contributed by atoms with Gasteiger partial charge in [0.05, 0.1) is 32.8 Å². The number of esters is 4. The Morgan fingerprint density at radius 2 is 0.594 bits per heavy atom. The zero-order valence-electron chi connectivity index (χ0n) is 59.5. The number of rotatable bonds is 67. The van der Waals surface area contributed by atoms with E-state index in [4.69, 9.17) is 37.0 Å². The van der Waals surface area contributed by atoms with Gasteiger partial charge in [-0.15, -0.1) is 0 Å². The topological polar surface area (TPSA) is 237 Å². The smallest absolute Gasteiger partial charge is 0.462 e. The number of hydrogen-bond donors (Lipinski definition) is 3. The van der Waals surface area contributed by atoms with Crippen LogP contribution in [0, 0.1) is 0 Å². The average Bonchev–Trinajstić information content (AvgIpc) is 1.15. The molecular formula is C77H128O17P2. The highest BCUT2D eigenvalue weighted by molar-refractivity contribution is 7.47. The lowest BCUT2D eigenvalue weighted by molar-refractivity contribution is -0.161. The molecule has 0 heterocycles. The van der Waals surface area contributed by atoms with Gasteiger partial charge in [-0.1, -0.05) is 264 Å². The first-order valence-corrected chi connectivity index (χ1v) is 39.4. The van der Waals surface area contributed by atoms with Gasteiger partial charge >= 0.3 is 39.5 Å². The number of carbonyl (C=O) groups is 4. The molecule has 0 aromatic carbocycles. The maximum absolute atomic E-state index is 13.0. The Labute approximate surface area is 580 Å². The SMILES string of the molecule is CC/C=C\C/C=C\C/C=C\C/C=C\C/C=C\CCCCCC(=O)OCC(COP(=O)(O)OCC(O)COP(=O)(O)OCC(COC(=O)C/C=C\C/C=C\C/C=C\C/C=C\C/C=C\CC)OC(=O)CCCCCCC/C=C\CCCC)OC(=O)CCCCCCCCCCCCC. The van der Waals surface area contributed by atoms with Crippen LogP contribution < -0.4 is 0 Å². The van der Waals surface area contributed by atoms with Crippen LogP contribution in [0.3, 0.4) is 0 Å². The third-order valence-corrected chi connectivity index (χ3v) is 16.5. The Hall–Kier alpha value is -4.80. The van der Waals surface area contributed by atoms with Crippen LogP contribution in [0.4, 0.5) is 0 Å². The molecule has 0 aromatic rings. The molecular weight excluding hydrogens is 1260 g/mol. The maximum Gasteiger partial charge on any atom is 0.472 e. The second kappa shape index (κ2) is 68.7. The van der Waals surface area contributed by atoms with E-state index in [-0.39, 0.29) is 25.7 Å². The first kappa shape index (κ1) is 91.2. The minimum Gasteiger partial charge on any atom is -0.462 e. The Morgan fingerprint density at radius 3 is 0.979 bits per heavy atom. The summed E-state index contributed by atoms with van der Waals surface area (Å²) in [7, 11) is -9.98. The van der Waals surface area contributed by atoms with Crippen LogP contribution in [-0.4, -0.2) is 96.7 Å². The Morgan fingerprint density at radius 1 is 0.312 bits per heavy atom. The molecule has 96 heavy (non-hydrogen) atoms. The summed E-state index contributed by atoms with van der Waals surface area (Å²) in [6, 6.07) is 0. The third kappa shape index (κ3) is 67.8. The van der Waals surface area contributed by atoms with Crippen molar-refractivity contribution >= 4 is 39.5 Å². The van der Waals surface area contributed by atoms with E-state index in [9.17, 15) is 43.2 Å². The molecule has 3 N–H and O–H groups in total. The Bertz CT molecular complexity index is 2350. The van der Waals surface area contributed by atoms with Crippen LogP contribution in [0.25, 0.3) is 0 Å². The van der Waals surface area contributed by atoms with Gasteiger partial charge in [-0.2, -0.15) is 0 Å². The molecule has 0 spiro atoms. The van der Waals surface area contributed by atoms with Gasteiger partial charge in [-0.25, -0.2) is 9.13 Å². The van der Waals surface area contributed by atoms with Crippen molar-refractivity contribution in [2.45, 2.75) is 290 Å². The minimum absolute atomic E-state index is 0.0619. The Kier molecular flexibility index (Phi) is 65.3. The number of ether oxygens (including phenoxy) is 4. The number of unbranched alkanes of at least 4 members (excludes halogenated alkanes) is 20. The summed E-state index contributed by atoms with van der Waals surface area (Å²) in [6.45, 7) is 4.41. The standard InChI is InChI=1S/C77H128O17P2/c1-5-9-13-17-21-25-29-31-33-34-35-36-38-40-44-46-50-54-58-62-75(80)88-68-73(94-77(82)64-60-56-52-48-42-28-24-20-16-12-8-4)70-92-96(85,86)90-66-71(78)65-89-95(83,84)91-69-72(93-76(81)63-59-55-51-47-41-27-23-19-15-11-7-3)67-87-74(79)61-57-53-49-45-43-39-37-32-30-26-22-18-14-10-6-2/h9-10,13-14,19,21-23,25-26,31-33,35-37,40,43-45,53,57,71-73,78H,5-8,11-12,15-18,20,24,27-30,34,38-39,41-42,46-52,54-56,58-70H2,1-4H3,(H,83,84)(H,85,86)/b13-9-,14-10-,23-19-,25-21-,26-22-,33-31-,36-35-,37-32-,44-40-,45-43-,57-53-. The van der Waals surface area contributed by atoms with Gasteiger partial charge in [0.15, 0.2) is 12.2 Å². The summed E-state index contributed by atoms with van der Waals surface area (Å²) in [5.41, 5.74) is 0. The van der Waals surface area contributed by atoms with Crippen LogP contribution in [0.5, 0.6) is 0 Å². The fourth-order valence-corrected chi connectivity index (χ4v) is 10.7. The fourth-order valence-electron chi connectivity index (χ4n) is 9.12. The van der Waals surface area contributed by atoms with Crippen LogP contribution in [0.15, 0.2) is 134 Å². The highest BCUT2D eigenvalue weighted by atomic mass is 31.2. The predicted octanol–water partition coefficient (Wildman–Crippen LogP) is 20.5. The summed E-state index contributed by atoms with van der Waals surface area (Å²) >= 11 is 0. The lowest BCUT2D eigenvalue weighted by Gasteiger charge is -2.21. The molecule has 0 aliphatic heterocycles. The summed E-state index contributed by atoms with van der Waals surface area (Å²) in [5.74, 6) is -2.37. The minimum atomic E-state index is -4.99. The molecule has 5 unspecified atom stereocenters. The van der Waals surface area contributed by atoms with Crippen molar-refractivity contribution in [2.24, 2.45) is 0 Å². The van der Waals surface area contributed by atoms with E-state index in [1.807, 2.05) is 18.2 Å². The molecule has 0 saturated carbocycles. The Balaban J connectivity index is 5.39. The summed E-state index contributed by atoms with van der Waals surface area (Å²) < 4.78 is 68.1. The molecule has 548 valence electrons. The van der Waals surface area contributed by atoms with Gasteiger partial charge in [-0.05, 0) is 116 Å². The number of aliphatic hydroxyl groups is 1. The van der Waals surface area contributed by atoms with E-state index in [0.717, 1.165) is 141 Å². The monoisotopic (exact) mass is 1390 g/mol. The zero-order chi connectivity index (χ0) is 70.4. The van der Waals surface area contributed by atoms with Gasteiger partial charge in [0.2, 0.25) is 0 Å². The second-order valence-corrected chi connectivity index (χ2v) is 26.7. The molecule has 0 aliphatic carbocycles. The van der Waals surface area contributed by atoms with Crippen LogP contribution >= 0.6 is 15.6 Å². The molecule has 19 heteroatoms. The molecule has 17 nitrogen and oxygen atoms in total. The molecule has 0 radical (unpaired) electrons. The van der Waals surface area contributed by atoms with E-state index < -0.39 is 97.5 Å². The van der Waals surface area contributed by atoms with Gasteiger partial charge in [0, 0.05) is 19.3 Å². The van der Waals surface area contributed by atoms with Crippen LogP contribution in [0.2, 0.25) is 0 Å². The highest BCUT2D eigenvalue weighted by Gasteiger charge is 2.30. The number of allylic oxidation sites excluding steroid dienone is 21. The van der Waals surface area contributed by atoms with Gasteiger partial charge < -0.3 is 33.8 Å². The van der Waals surface area contributed by atoms with Crippen molar-refractivity contribution < 1.29 is 80.2 Å². The summed E-state index contributed by atoms with van der Waals surface area (Å²) in [4.78, 5) is 72.6. The van der Waals surface area contributed by atoms with Crippen molar-refractivity contribution in [3.05, 3.63) is 134 Å². The number of phosphoric acid groups is 2. The predicted molar refractivity (Wildman–Crippen MR) is 390 cm³/mol. The molecule has 0 saturated heterocycles. The maximum atomic E-state index is 13.0. The van der Waals surface area contributed by atoms with Crippen LogP contribution in [0.1, 0.15) is 272 Å². The van der Waals surface area contributed by atoms with Crippen molar-refractivity contribution in [2.75, 3.05) is 39.6 Å². The molecule has 0 amide bonds. The third-order valence-electron chi connectivity index (χ3n) is 14.6. The molecule has 0 aliphatic rings. The zero-order valence-corrected chi connectivity index (χ0v) is 61.3. The fraction of sp³-hybridized carbons (Fsp3) is 0.662. The molecule has 0 bridgehead atoms. The summed E-state index contributed by atoms with van der Waals surface area (Å²) in [6.07, 6.45) is 75.0. The van der Waals surface area contributed by atoms with Crippen molar-refractivity contribution in [3.8, 4) is 0 Å². The van der Waals surface area contributed by atoms with E-state index in [2.05, 4.69) is 137 Å². The summed E-state index contributed by atoms with van der Waals surface area (Å²) in [5, 5.41) is 10.6. The van der Waals surface area contributed by atoms with E-state index in [0.29, 0.717) is 25.7 Å². The number of carbonyl (C=O) groups excluding carboxylic acids is 4. The van der Waals surface area contributed by atoms with Gasteiger partial charge in [0.25, 0.3) is 0 Å². The van der Waals surface area contributed by atoms with E-state index >= 15 is 0 Å². The van der Waals surface area contributed by atoms with Crippen molar-refractivity contribution in [1.82, 2.24) is 0 Å². The van der Waals surface area contributed by atoms with Crippen molar-refractivity contribution in [3.63, 3.8) is 0 Å². The quantitative estimate of drug-likeness (QED) is 0.0169. The number of hydrogen-bond acceptors (Lipinski definition) is 15. The average molecular weight is 1390 g/mol. The van der Waals surface area contributed by atoms with Gasteiger partial charge in [-0.3, -0.25) is 37.3 Å². The first-order chi connectivity index (χ1) is 46.7. The van der Waals surface area contributed by atoms with Crippen LogP contribution in [-0.2, 0) is 65.4 Å². The molecule has 0 aromatic heterocycles. The van der Waals surface area contributed by atoms with Crippen molar-refractivity contribution in [1.29, 1.82) is 0 Å². The molecule has 0 fully saturated rings. The number of phosphoric ester groups is 2. The second-order valence-electron chi connectivity index (χ2n) is 23.8. The lowest BCUT2D eigenvalue weighted by atomic mass is 10.1. The molecule has 5 atom stereocenters. The van der Waals surface area contributed by atoms with E-state index in [1.165, 1.54) is 51.4 Å². The lowest BCUT2D eigenvalue weighted by Crippen LogP contribution is -2.30.